The van der Waals surface area contributed by atoms with Crippen molar-refractivity contribution in [3.8, 4) is 0 Å². The minimum atomic E-state index is 0.0135. The first kappa shape index (κ1) is 15.8. The highest BCUT2D eigenvalue weighted by Gasteiger charge is 2.23. The van der Waals surface area contributed by atoms with Gasteiger partial charge in [-0.3, -0.25) is 9.78 Å². The lowest BCUT2D eigenvalue weighted by atomic mass is 10.1. The number of rotatable bonds is 6. The Hall–Kier alpha value is -1.62. The van der Waals surface area contributed by atoms with E-state index in [1.165, 1.54) is 6.42 Å². The van der Waals surface area contributed by atoms with Crippen LogP contribution in [0.4, 0.5) is 5.69 Å². The van der Waals surface area contributed by atoms with E-state index in [1.807, 2.05) is 26.0 Å². The molecule has 1 aromatic heterocycles. The van der Waals surface area contributed by atoms with Crippen LogP contribution >= 0.6 is 0 Å². The second-order valence-electron chi connectivity index (χ2n) is 5.55. The first-order valence-corrected chi connectivity index (χ1v) is 7.89. The minimum absolute atomic E-state index is 0.0135. The number of hydrogen-bond donors (Lipinski definition) is 1. The molecule has 5 nitrogen and oxygen atoms in total. The highest BCUT2D eigenvalue weighted by molar-refractivity contribution is 5.93. The zero-order chi connectivity index (χ0) is 15.2. The number of pyridine rings is 1. The molecule has 2 N–H and O–H groups in total. The lowest BCUT2D eigenvalue weighted by Gasteiger charge is -2.21. The molecule has 1 aliphatic rings. The van der Waals surface area contributed by atoms with Crippen molar-refractivity contribution in [1.82, 2.24) is 9.88 Å². The maximum Gasteiger partial charge on any atom is 0.272 e. The number of amides is 1. The van der Waals surface area contributed by atoms with Gasteiger partial charge in [0.15, 0.2) is 0 Å². The molecule has 1 amide bonds. The van der Waals surface area contributed by atoms with Gasteiger partial charge < -0.3 is 15.5 Å². The smallest absolute Gasteiger partial charge is 0.272 e. The summed E-state index contributed by atoms with van der Waals surface area (Å²) in [5, 5.41) is 0. The van der Waals surface area contributed by atoms with Gasteiger partial charge in [-0.25, -0.2) is 0 Å². The van der Waals surface area contributed by atoms with Gasteiger partial charge in [-0.15, -0.1) is 0 Å². The molecule has 1 aliphatic heterocycles. The summed E-state index contributed by atoms with van der Waals surface area (Å²) in [5.41, 5.74) is 7.28. The van der Waals surface area contributed by atoms with Crippen LogP contribution in [0.25, 0.3) is 0 Å². The molecule has 5 heteroatoms. The number of carbonyl (C=O) groups excluding carboxylic acids is 1. The van der Waals surface area contributed by atoms with Crippen LogP contribution in [-0.4, -0.2) is 48.5 Å². The molecule has 0 radical (unpaired) electrons. The van der Waals surface area contributed by atoms with E-state index in [0.29, 0.717) is 24.7 Å². The maximum atomic E-state index is 12.4. The van der Waals surface area contributed by atoms with Crippen LogP contribution in [0, 0.1) is 5.92 Å². The summed E-state index contributed by atoms with van der Waals surface area (Å²) in [6.07, 6.45) is 3.99. The average molecular weight is 290 g/mol. The highest BCUT2D eigenvalue weighted by atomic mass is 16.2. The number of hydrogen-bond acceptors (Lipinski definition) is 4. The molecule has 1 fully saturated rings. The largest absolute Gasteiger partial charge is 0.371 e. The van der Waals surface area contributed by atoms with Crippen molar-refractivity contribution in [1.29, 1.82) is 0 Å². The number of nitrogens with two attached hydrogens (primary N) is 1. The number of carbonyl (C=O) groups is 1. The minimum Gasteiger partial charge on any atom is -0.371 e. The van der Waals surface area contributed by atoms with E-state index < -0.39 is 0 Å². The number of aromatic nitrogens is 1. The monoisotopic (exact) mass is 290 g/mol. The summed E-state index contributed by atoms with van der Waals surface area (Å²) < 4.78 is 0. The van der Waals surface area contributed by atoms with Gasteiger partial charge in [0.05, 0.1) is 0 Å². The van der Waals surface area contributed by atoms with E-state index in [-0.39, 0.29) is 5.91 Å². The Morgan fingerprint density at radius 1 is 1.48 bits per heavy atom. The SMILES string of the molecule is CCN(CC)C(=O)c1cc(N2CCC(CCN)C2)ccn1. The molecule has 1 aromatic rings. The predicted molar refractivity (Wildman–Crippen MR) is 85.5 cm³/mol. The Morgan fingerprint density at radius 2 is 2.24 bits per heavy atom. The second-order valence-corrected chi connectivity index (χ2v) is 5.55. The molecule has 116 valence electrons. The van der Waals surface area contributed by atoms with E-state index >= 15 is 0 Å². The lowest BCUT2D eigenvalue weighted by molar-refractivity contribution is 0.0767. The summed E-state index contributed by atoms with van der Waals surface area (Å²) in [6.45, 7) is 8.22. The fourth-order valence-corrected chi connectivity index (χ4v) is 2.94. The standard InChI is InChI=1S/C16H26N4O/c1-3-19(4-2)16(21)15-11-14(6-9-18-15)20-10-7-13(12-20)5-8-17/h6,9,11,13H,3-5,7-8,10,12,17H2,1-2H3. The molecule has 1 unspecified atom stereocenters. The topological polar surface area (TPSA) is 62.5 Å². The molecule has 1 saturated heterocycles. The van der Waals surface area contributed by atoms with Crippen molar-refractivity contribution in [2.24, 2.45) is 11.7 Å². The fourth-order valence-electron chi connectivity index (χ4n) is 2.94. The summed E-state index contributed by atoms with van der Waals surface area (Å²) in [6, 6.07) is 3.91. The highest BCUT2D eigenvalue weighted by Crippen LogP contribution is 2.25. The molecule has 0 bridgehead atoms. The van der Waals surface area contributed by atoms with Gasteiger partial charge in [-0.1, -0.05) is 0 Å². The summed E-state index contributed by atoms with van der Waals surface area (Å²) in [4.78, 5) is 20.7. The zero-order valence-electron chi connectivity index (χ0n) is 13.1. The van der Waals surface area contributed by atoms with E-state index in [9.17, 15) is 4.79 Å². The summed E-state index contributed by atoms with van der Waals surface area (Å²) in [5.74, 6) is 0.685. The molecule has 2 rings (SSSR count). The number of anilines is 1. The first-order chi connectivity index (χ1) is 10.2. The Labute approximate surface area is 127 Å². The van der Waals surface area contributed by atoms with Crippen molar-refractivity contribution < 1.29 is 4.79 Å². The third-order valence-electron chi connectivity index (χ3n) is 4.24. The molecular formula is C16H26N4O. The lowest BCUT2D eigenvalue weighted by Crippen LogP contribution is -2.31. The van der Waals surface area contributed by atoms with Gasteiger partial charge in [-0.05, 0) is 51.3 Å². The van der Waals surface area contributed by atoms with Crippen molar-refractivity contribution in [3.05, 3.63) is 24.0 Å². The Kier molecular flexibility index (Phi) is 5.56. The normalized spacial score (nSPS) is 18.0. The van der Waals surface area contributed by atoms with Gasteiger partial charge in [0.25, 0.3) is 5.91 Å². The van der Waals surface area contributed by atoms with E-state index in [2.05, 4.69) is 9.88 Å². The molecule has 0 saturated carbocycles. The Morgan fingerprint density at radius 3 is 2.90 bits per heavy atom. The molecule has 0 aromatic carbocycles. The van der Waals surface area contributed by atoms with E-state index in [0.717, 1.165) is 31.7 Å². The van der Waals surface area contributed by atoms with E-state index in [4.69, 9.17) is 5.73 Å². The maximum absolute atomic E-state index is 12.4. The molecule has 1 atom stereocenters. The van der Waals surface area contributed by atoms with E-state index in [1.54, 1.807) is 11.1 Å². The van der Waals surface area contributed by atoms with Crippen LogP contribution < -0.4 is 10.6 Å². The zero-order valence-corrected chi connectivity index (χ0v) is 13.1. The van der Waals surface area contributed by atoms with Crippen LogP contribution in [0.1, 0.15) is 37.2 Å². The third kappa shape index (κ3) is 3.73. The van der Waals surface area contributed by atoms with Gasteiger partial charge in [0.1, 0.15) is 5.69 Å². The van der Waals surface area contributed by atoms with Crippen LogP contribution in [0.2, 0.25) is 0 Å². The predicted octanol–water partition coefficient (Wildman–Crippen LogP) is 1.74. The van der Waals surface area contributed by atoms with Crippen molar-refractivity contribution in [2.45, 2.75) is 26.7 Å². The van der Waals surface area contributed by atoms with Crippen molar-refractivity contribution >= 4 is 11.6 Å². The van der Waals surface area contributed by atoms with Crippen LogP contribution in [0.15, 0.2) is 18.3 Å². The van der Waals surface area contributed by atoms with Crippen molar-refractivity contribution in [2.75, 3.05) is 37.6 Å². The molecule has 0 spiro atoms. The average Bonchev–Trinajstić information content (AvgIpc) is 2.97. The molecular weight excluding hydrogens is 264 g/mol. The van der Waals surface area contributed by atoms with Crippen LogP contribution in [-0.2, 0) is 0 Å². The van der Waals surface area contributed by atoms with Gasteiger partial charge >= 0.3 is 0 Å². The van der Waals surface area contributed by atoms with Gasteiger partial charge in [0, 0.05) is 38.1 Å². The second kappa shape index (κ2) is 7.41. The summed E-state index contributed by atoms with van der Waals surface area (Å²) in [7, 11) is 0. The van der Waals surface area contributed by atoms with Crippen LogP contribution in [0.5, 0.6) is 0 Å². The van der Waals surface area contributed by atoms with Gasteiger partial charge in [-0.2, -0.15) is 0 Å². The summed E-state index contributed by atoms with van der Waals surface area (Å²) >= 11 is 0. The van der Waals surface area contributed by atoms with Crippen LogP contribution in [0.3, 0.4) is 0 Å². The molecule has 21 heavy (non-hydrogen) atoms. The number of nitrogens with zero attached hydrogens (tertiary/aromatic N) is 3. The van der Waals surface area contributed by atoms with Gasteiger partial charge in [0.2, 0.25) is 0 Å². The Balaban J connectivity index is 2.09. The quantitative estimate of drug-likeness (QED) is 0.867. The third-order valence-corrected chi connectivity index (χ3v) is 4.24. The first-order valence-electron chi connectivity index (χ1n) is 7.89. The molecule has 0 aliphatic carbocycles. The fraction of sp³-hybridized carbons (Fsp3) is 0.625. The molecule has 2 heterocycles. The van der Waals surface area contributed by atoms with Crippen molar-refractivity contribution in [3.63, 3.8) is 0 Å². The Bertz CT molecular complexity index is 473.